The minimum absolute atomic E-state index is 0. The van der Waals surface area contributed by atoms with Crippen molar-refractivity contribution in [1.29, 1.82) is 0 Å². The Morgan fingerprint density at radius 1 is 0.900 bits per heavy atom. The van der Waals surface area contributed by atoms with E-state index in [1.54, 1.807) is 0 Å². The van der Waals surface area contributed by atoms with Gasteiger partial charge in [-0.1, -0.05) is 0 Å². The SMILES string of the molecule is Cl.O=P(O)(O)O.[Al+3].[Cl-].[Cl-].[Cl-]. The Balaban J connectivity index is -0.00000000800. The van der Waals surface area contributed by atoms with Gasteiger partial charge in [0.05, 0.1) is 0 Å². The van der Waals surface area contributed by atoms with E-state index in [1.807, 2.05) is 0 Å². The number of hydrogen-bond donors (Lipinski definition) is 3. The van der Waals surface area contributed by atoms with Crippen molar-refractivity contribution in [3.05, 3.63) is 0 Å². The predicted molar refractivity (Wildman–Crippen MR) is 27.3 cm³/mol. The molecular formula is H4AlCl4O4P. The van der Waals surface area contributed by atoms with Gasteiger partial charge < -0.3 is 51.9 Å². The van der Waals surface area contributed by atoms with Crippen molar-refractivity contribution >= 4 is 37.6 Å². The van der Waals surface area contributed by atoms with Gasteiger partial charge in [0.25, 0.3) is 0 Å². The van der Waals surface area contributed by atoms with Crippen LogP contribution in [0.2, 0.25) is 0 Å². The van der Waals surface area contributed by atoms with Crippen LogP contribution in [0.25, 0.3) is 0 Å². The molecule has 0 heterocycles. The zero-order valence-electron chi connectivity index (χ0n) is 4.32. The van der Waals surface area contributed by atoms with Crippen LogP contribution in [0.5, 0.6) is 0 Å². The van der Waals surface area contributed by atoms with E-state index in [-0.39, 0.29) is 67.0 Å². The Hall–Kier alpha value is 1.80. The average Bonchev–Trinajstić information content (AvgIpc) is 0.722. The number of hydrogen-bond acceptors (Lipinski definition) is 1. The van der Waals surface area contributed by atoms with Crippen LogP contribution in [0.1, 0.15) is 0 Å². The summed E-state index contributed by atoms with van der Waals surface area (Å²) in [6.45, 7) is 0. The molecule has 0 amide bonds. The molecule has 0 saturated heterocycles. The molecule has 0 aliphatic heterocycles. The Morgan fingerprint density at radius 3 is 0.900 bits per heavy atom. The number of halogens is 4. The van der Waals surface area contributed by atoms with Crippen molar-refractivity contribution in [1.82, 2.24) is 0 Å². The molecule has 0 bridgehead atoms. The third-order valence-corrected chi connectivity index (χ3v) is 0. The van der Waals surface area contributed by atoms with Gasteiger partial charge in [0.1, 0.15) is 0 Å². The zero-order valence-corrected chi connectivity index (χ0v) is 9.45. The largest absolute Gasteiger partial charge is 3.00 e. The quantitative estimate of drug-likeness (QED) is 0.301. The fourth-order valence-corrected chi connectivity index (χ4v) is 0. The standard InChI is InChI=1S/Al.4ClH.H3O4P/c;;;;;1-5(2,3)4/h;4*1H;(H3,1,2,3,4)/q+3;;;;;/p-3. The molecule has 0 aliphatic rings. The van der Waals surface area contributed by atoms with E-state index < -0.39 is 7.82 Å². The minimum atomic E-state index is -4.64. The first-order valence-corrected chi connectivity index (χ1v) is 2.35. The maximum absolute atomic E-state index is 8.88. The normalized spacial score (nSPS) is 5.90. The van der Waals surface area contributed by atoms with Crippen LogP contribution < -0.4 is 37.2 Å². The second-order valence-corrected chi connectivity index (χ2v) is 1.54. The van der Waals surface area contributed by atoms with E-state index in [2.05, 4.69) is 0 Å². The van der Waals surface area contributed by atoms with E-state index in [4.69, 9.17) is 19.2 Å². The molecule has 0 atom stereocenters. The first-order valence-electron chi connectivity index (χ1n) is 0.783. The molecule has 0 saturated carbocycles. The monoisotopic (exact) mass is 266 g/mol. The Morgan fingerprint density at radius 2 is 0.900 bits per heavy atom. The summed E-state index contributed by atoms with van der Waals surface area (Å²) in [7, 11) is -4.64. The average molecular weight is 268 g/mol. The maximum Gasteiger partial charge on any atom is 3.00 e. The molecule has 0 spiro atoms. The van der Waals surface area contributed by atoms with Crippen molar-refractivity contribution in [2.45, 2.75) is 0 Å². The zero-order chi connectivity index (χ0) is 4.50. The molecule has 3 N–H and O–H groups in total. The molecule has 0 aromatic rings. The van der Waals surface area contributed by atoms with E-state index in [0.29, 0.717) is 0 Å². The summed E-state index contributed by atoms with van der Waals surface area (Å²) in [6.07, 6.45) is 0. The third kappa shape index (κ3) is 234. The molecular weight excluding hydrogens is 264 g/mol. The van der Waals surface area contributed by atoms with Crippen LogP contribution in [0.4, 0.5) is 0 Å². The smallest absolute Gasteiger partial charge is 1.00 e. The van der Waals surface area contributed by atoms with E-state index >= 15 is 0 Å². The Labute approximate surface area is 93.8 Å². The van der Waals surface area contributed by atoms with Gasteiger partial charge in [-0.05, 0) is 0 Å². The minimum Gasteiger partial charge on any atom is -1.00 e. The van der Waals surface area contributed by atoms with Gasteiger partial charge in [0.2, 0.25) is 0 Å². The van der Waals surface area contributed by atoms with Crippen LogP contribution in [0.3, 0.4) is 0 Å². The fourth-order valence-electron chi connectivity index (χ4n) is 0. The van der Waals surface area contributed by atoms with Crippen molar-refractivity contribution < 1.29 is 56.5 Å². The molecule has 0 aromatic heterocycles. The molecule has 0 rings (SSSR count). The molecule has 4 nitrogen and oxygen atoms in total. The molecule has 0 radical (unpaired) electrons. The number of rotatable bonds is 0. The van der Waals surface area contributed by atoms with Gasteiger partial charge in [-0.2, -0.15) is 0 Å². The first kappa shape index (κ1) is 40.9. The molecule has 0 unspecified atom stereocenters. The van der Waals surface area contributed by atoms with Crippen LogP contribution in [-0.4, -0.2) is 32.0 Å². The van der Waals surface area contributed by atoms with Gasteiger partial charge >= 0.3 is 25.2 Å². The van der Waals surface area contributed by atoms with Crippen molar-refractivity contribution in [2.24, 2.45) is 0 Å². The Kier molecular flexibility index (Phi) is 69.7. The molecule has 0 aliphatic carbocycles. The summed E-state index contributed by atoms with van der Waals surface area (Å²) in [6, 6.07) is 0. The number of phosphoric acid groups is 1. The fraction of sp³-hybridized carbons (Fsp3) is 0. The topological polar surface area (TPSA) is 77.8 Å². The summed E-state index contributed by atoms with van der Waals surface area (Å²) in [5.74, 6) is 0. The van der Waals surface area contributed by atoms with Crippen LogP contribution in [0.15, 0.2) is 0 Å². The van der Waals surface area contributed by atoms with Gasteiger partial charge in [0.15, 0.2) is 0 Å². The maximum atomic E-state index is 8.88. The van der Waals surface area contributed by atoms with E-state index in [1.165, 1.54) is 0 Å². The summed E-state index contributed by atoms with van der Waals surface area (Å²) < 4.78 is 8.88. The van der Waals surface area contributed by atoms with Crippen molar-refractivity contribution in [3.8, 4) is 0 Å². The molecule has 0 aromatic carbocycles. The van der Waals surface area contributed by atoms with Crippen molar-refractivity contribution in [2.75, 3.05) is 0 Å². The summed E-state index contributed by atoms with van der Waals surface area (Å²) in [4.78, 5) is 21.6. The van der Waals surface area contributed by atoms with Crippen LogP contribution >= 0.6 is 20.2 Å². The van der Waals surface area contributed by atoms with Gasteiger partial charge in [-0.25, -0.2) is 4.57 Å². The third-order valence-electron chi connectivity index (χ3n) is 0. The van der Waals surface area contributed by atoms with Gasteiger partial charge in [0, 0.05) is 0 Å². The van der Waals surface area contributed by atoms with E-state index in [9.17, 15) is 0 Å². The molecule has 64 valence electrons. The first-order chi connectivity index (χ1) is 2.00. The molecule has 10 heteroatoms. The van der Waals surface area contributed by atoms with Crippen molar-refractivity contribution in [3.63, 3.8) is 0 Å². The summed E-state index contributed by atoms with van der Waals surface area (Å²) in [5.41, 5.74) is 0. The second-order valence-electron chi connectivity index (χ2n) is 0.513. The molecule has 10 heavy (non-hydrogen) atoms. The molecule has 0 fully saturated rings. The Bertz CT molecular complexity index is 63.4. The summed E-state index contributed by atoms with van der Waals surface area (Å²) >= 11 is 0. The van der Waals surface area contributed by atoms with Crippen LogP contribution in [0, 0.1) is 0 Å². The predicted octanol–water partition coefficient (Wildman–Crippen LogP) is -9.88. The second kappa shape index (κ2) is 17.1. The van der Waals surface area contributed by atoms with Gasteiger partial charge in [-0.3, -0.25) is 0 Å². The van der Waals surface area contributed by atoms with Crippen LogP contribution in [-0.2, 0) is 4.57 Å². The van der Waals surface area contributed by atoms with E-state index in [0.717, 1.165) is 0 Å². The van der Waals surface area contributed by atoms with Gasteiger partial charge in [-0.15, -0.1) is 12.4 Å². The summed E-state index contributed by atoms with van der Waals surface area (Å²) in [5, 5.41) is 0.